The highest BCUT2D eigenvalue weighted by atomic mass is 16.4. The number of rotatable bonds is 5. The maximum absolute atomic E-state index is 12.7. The zero-order valence-electron chi connectivity index (χ0n) is 14.7. The molecule has 5 heteroatoms. The number of nitrogens with zero attached hydrogens (tertiary/aromatic N) is 1. The number of piperidine rings is 1. The van der Waals surface area contributed by atoms with Crippen molar-refractivity contribution in [2.45, 2.75) is 25.3 Å². The first kappa shape index (κ1) is 18.0. The van der Waals surface area contributed by atoms with E-state index in [1.807, 2.05) is 48.5 Å². The van der Waals surface area contributed by atoms with Crippen LogP contribution in [-0.2, 0) is 11.2 Å². The summed E-state index contributed by atoms with van der Waals surface area (Å²) in [6.07, 6.45) is 1.73. The van der Waals surface area contributed by atoms with E-state index >= 15 is 0 Å². The monoisotopic (exact) mass is 352 g/mol. The van der Waals surface area contributed by atoms with Crippen molar-refractivity contribution in [1.29, 1.82) is 0 Å². The van der Waals surface area contributed by atoms with Crippen molar-refractivity contribution in [2.24, 2.45) is 5.92 Å². The van der Waals surface area contributed by atoms with Crippen molar-refractivity contribution >= 4 is 12.0 Å². The highest BCUT2D eigenvalue weighted by Crippen LogP contribution is 2.21. The molecule has 5 nitrogen and oxygen atoms in total. The number of amides is 2. The summed E-state index contributed by atoms with van der Waals surface area (Å²) in [6.45, 7) is 0.964. The van der Waals surface area contributed by atoms with Crippen LogP contribution in [0.5, 0.6) is 0 Å². The molecular formula is C21H24N2O3. The van der Waals surface area contributed by atoms with E-state index in [2.05, 4.69) is 17.4 Å². The number of hydrogen-bond donors (Lipinski definition) is 2. The second kappa shape index (κ2) is 8.52. The molecule has 2 amide bonds. The summed E-state index contributed by atoms with van der Waals surface area (Å²) >= 11 is 0. The molecule has 1 aliphatic rings. The number of likely N-dealkylation sites (tertiary alicyclic amines) is 1. The van der Waals surface area contributed by atoms with Crippen molar-refractivity contribution in [3.8, 4) is 0 Å². The normalized spacial score (nSPS) is 16.1. The minimum Gasteiger partial charge on any atom is -0.481 e. The summed E-state index contributed by atoms with van der Waals surface area (Å²) < 4.78 is 0. The largest absolute Gasteiger partial charge is 0.481 e. The Kier molecular flexibility index (Phi) is 5.89. The molecule has 0 spiro atoms. The molecule has 3 rings (SSSR count). The van der Waals surface area contributed by atoms with Gasteiger partial charge in [0.25, 0.3) is 0 Å². The standard InChI is InChI=1S/C21H24N2O3/c24-20(25)18-11-13-23(14-12-18)21(26)22-19(17-9-5-2-6-10-17)15-16-7-3-1-4-8-16/h1-10,18-19H,11-15H2,(H,22,26)(H,24,25). The molecule has 0 aromatic heterocycles. The summed E-state index contributed by atoms with van der Waals surface area (Å²) in [6, 6.07) is 19.8. The zero-order valence-corrected chi connectivity index (χ0v) is 14.7. The first-order chi connectivity index (χ1) is 12.6. The quantitative estimate of drug-likeness (QED) is 0.865. The fraction of sp³-hybridized carbons (Fsp3) is 0.333. The molecular weight excluding hydrogens is 328 g/mol. The Balaban J connectivity index is 1.67. The Labute approximate surface area is 153 Å². The molecule has 1 aliphatic heterocycles. The Bertz CT molecular complexity index is 725. The lowest BCUT2D eigenvalue weighted by molar-refractivity contribution is -0.143. The molecule has 1 heterocycles. The fourth-order valence-electron chi connectivity index (χ4n) is 3.36. The van der Waals surface area contributed by atoms with E-state index in [9.17, 15) is 9.59 Å². The minimum atomic E-state index is -0.767. The summed E-state index contributed by atoms with van der Waals surface area (Å²) in [7, 11) is 0. The third-order valence-electron chi connectivity index (χ3n) is 4.91. The van der Waals surface area contributed by atoms with Crippen LogP contribution < -0.4 is 5.32 Å². The SMILES string of the molecule is O=C(O)C1CCN(C(=O)NC(Cc2ccccc2)c2ccccc2)CC1. The average molecular weight is 352 g/mol. The highest BCUT2D eigenvalue weighted by molar-refractivity contribution is 5.76. The van der Waals surface area contributed by atoms with Gasteiger partial charge in [0.2, 0.25) is 0 Å². The van der Waals surface area contributed by atoms with Gasteiger partial charge in [-0.15, -0.1) is 0 Å². The van der Waals surface area contributed by atoms with Gasteiger partial charge in [-0.05, 0) is 30.4 Å². The summed E-state index contributed by atoms with van der Waals surface area (Å²) in [5.74, 6) is -1.11. The van der Waals surface area contributed by atoms with E-state index in [0.717, 1.165) is 11.1 Å². The van der Waals surface area contributed by atoms with Gasteiger partial charge in [-0.25, -0.2) is 4.79 Å². The van der Waals surface area contributed by atoms with Gasteiger partial charge >= 0.3 is 12.0 Å². The molecule has 0 aliphatic carbocycles. The van der Waals surface area contributed by atoms with Gasteiger partial charge < -0.3 is 15.3 Å². The van der Waals surface area contributed by atoms with Crippen LogP contribution in [-0.4, -0.2) is 35.1 Å². The molecule has 0 bridgehead atoms. The van der Waals surface area contributed by atoms with Gasteiger partial charge in [-0.1, -0.05) is 60.7 Å². The number of urea groups is 1. The van der Waals surface area contributed by atoms with E-state index in [4.69, 9.17) is 5.11 Å². The molecule has 26 heavy (non-hydrogen) atoms. The number of nitrogens with one attached hydrogen (secondary N) is 1. The Morgan fingerprint density at radius 3 is 2.15 bits per heavy atom. The second-order valence-electron chi connectivity index (χ2n) is 6.70. The highest BCUT2D eigenvalue weighted by Gasteiger charge is 2.28. The molecule has 1 fully saturated rings. The molecule has 2 N–H and O–H groups in total. The van der Waals surface area contributed by atoms with Gasteiger partial charge in [0.15, 0.2) is 0 Å². The zero-order chi connectivity index (χ0) is 18.4. The van der Waals surface area contributed by atoms with Crippen LogP contribution in [0.15, 0.2) is 60.7 Å². The molecule has 1 atom stereocenters. The van der Waals surface area contributed by atoms with E-state index in [0.29, 0.717) is 32.4 Å². The van der Waals surface area contributed by atoms with Crippen molar-refractivity contribution in [2.75, 3.05) is 13.1 Å². The predicted octanol–water partition coefficient (Wildman–Crippen LogP) is 3.48. The predicted molar refractivity (Wildman–Crippen MR) is 99.8 cm³/mol. The topological polar surface area (TPSA) is 69.6 Å². The number of benzene rings is 2. The van der Waals surface area contributed by atoms with Crippen molar-refractivity contribution < 1.29 is 14.7 Å². The second-order valence-corrected chi connectivity index (χ2v) is 6.70. The lowest BCUT2D eigenvalue weighted by atomic mass is 9.97. The molecule has 1 unspecified atom stereocenters. The number of carbonyl (C=O) groups is 2. The van der Waals surface area contributed by atoms with Crippen molar-refractivity contribution in [1.82, 2.24) is 10.2 Å². The molecule has 0 saturated carbocycles. The number of carbonyl (C=O) groups excluding carboxylic acids is 1. The summed E-state index contributed by atoms with van der Waals surface area (Å²) in [4.78, 5) is 25.5. The number of aliphatic carboxylic acids is 1. The van der Waals surface area contributed by atoms with Crippen LogP contribution >= 0.6 is 0 Å². The van der Waals surface area contributed by atoms with Crippen LogP contribution in [0.1, 0.15) is 30.0 Å². The molecule has 2 aromatic rings. The number of hydrogen-bond acceptors (Lipinski definition) is 2. The smallest absolute Gasteiger partial charge is 0.317 e. The lowest BCUT2D eigenvalue weighted by Gasteiger charge is -2.32. The first-order valence-electron chi connectivity index (χ1n) is 9.00. The van der Waals surface area contributed by atoms with Crippen LogP contribution in [0.2, 0.25) is 0 Å². The third-order valence-corrected chi connectivity index (χ3v) is 4.91. The van der Waals surface area contributed by atoms with E-state index < -0.39 is 5.97 Å². The maximum Gasteiger partial charge on any atom is 0.317 e. The lowest BCUT2D eigenvalue weighted by Crippen LogP contribution is -2.46. The van der Waals surface area contributed by atoms with Crippen LogP contribution in [0, 0.1) is 5.92 Å². The summed E-state index contributed by atoms with van der Waals surface area (Å²) in [5, 5.41) is 12.2. The van der Waals surface area contributed by atoms with Gasteiger partial charge in [-0.3, -0.25) is 4.79 Å². The number of carboxylic acid groups (broad SMARTS) is 1. The molecule has 0 radical (unpaired) electrons. The van der Waals surface area contributed by atoms with E-state index in [1.54, 1.807) is 4.90 Å². The van der Waals surface area contributed by atoms with Crippen LogP contribution in [0.3, 0.4) is 0 Å². The van der Waals surface area contributed by atoms with Gasteiger partial charge in [-0.2, -0.15) is 0 Å². The third kappa shape index (κ3) is 4.63. The molecule has 136 valence electrons. The van der Waals surface area contributed by atoms with Gasteiger partial charge in [0.1, 0.15) is 0 Å². The Hall–Kier alpha value is -2.82. The van der Waals surface area contributed by atoms with Crippen molar-refractivity contribution in [3.05, 3.63) is 71.8 Å². The first-order valence-corrected chi connectivity index (χ1v) is 9.00. The van der Waals surface area contributed by atoms with E-state index in [1.165, 1.54) is 0 Å². The summed E-state index contributed by atoms with van der Waals surface area (Å²) in [5.41, 5.74) is 2.22. The molecule has 1 saturated heterocycles. The number of carboxylic acids is 1. The fourth-order valence-corrected chi connectivity index (χ4v) is 3.36. The van der Waals surface area contributed by atoms with Gasteiger partial charge in [0.05, 0.1) is 12.0 Å². The van der Waals surface area contributed by atoms with Crippen molar-refractivity contribution in [3.63, 3.8) is 0 Å². The Morgan fingerprint density at radius 2 is 1.58 bits per heavy atom. The van der Waals surface area contributed by atoms with E-state index in [-0.39, 0.29) is 18.0 Å². The van der Waals surface area contributed by atoms with Crippen LogP contribution in [0.4, 0.5) is 4.79 Å². The molecule has 2 aromatic carbocycles. The Morgan fingerprint density at radius 1 is 1.00 bits per heavy atom. The van der Waals surface area contributed by atoms with Gasteiger partial charge in [0, 0.05) is 13.1 Å². The average Bonchev–Trinajstić information content (AvgIpc) is 2.69. The maximum atomic E-state index is 12.7. The van der Waals surface area contributed by atoms with Crippen LogP contribution in [0.25, 0.3) is 0 Å². The minimum absolute atomic E-state index is 0.122.